The van der Waals surface area contributed by atoms with E-state index < -0.39 is 97.5 Å². The Morgan fingerprint density at radius 1 is 0.279 bits per heavy atom. The van der Waals surface area contributed by atoms with Gasteiger partial charge in [-0.25, -0.2) is 9.13 Å². The van der Waals surface area contributed by atoms with Crippen molar-refractivity contribution in [3.63, 3.8) is 0 Å². The van der Waals surface area contributed by atoms with Gasteiger partial charge in [0.15, 0.2) is 12.2 Å². The molecule has 17 nitrogen and oxygen atoms in total. The van der Waals surface area contributed by atoms with E-state index in [0.29, 0.717) is 25.7 Å². The van der Waals surface area contributed by atoms with E-state index in [2.05, 4.69) is 41.5 Å². The van der Waals surface area contributed by atoms with Crippen LogP contribution in [0.25, 0.3) is 0 Å². The van der Waals surface area contributed by atoms with E-state index in [0.717, 1.165) is 102 Å². The van der Waals surface area contributed by atoms with Gasteiger partial charge in [-0.1, -0.05) is 401 Å². The van der Waals surface area contributed by atoms with Crippen molar-refractivity contribution >= 4 is 39.5 Å². The van der Waals surface area contributed by atoms with Gasteiger partial charge in [-0.3, -0.25) is 37.3 Å². The van der Waals surface area contributed by atoms with Gasteiger partial charge >= 0.3 is 39.5 Å². The lowest BCUT2D eigenvalue weighted by Crippen LogP contribution is -2.30. The summed E-state index contributed by atoms with van der Waals surface area (Å²) in [6.45, 7) is 9.70. The molecule has 0 aliphatic rings. The molecule has 0 spiro atoms. The fraction of sp³-hybridized carbons (Fsp3) is 0.953. The van der Waals surface area contributed by atoms with Crippen LogP contribution in [0.2, 0.25) is 0 Å². The van der Waals surface area contributed by atoms with Gasteiger partial charge in [0.25, 0.3) is 0 Å². The van der Waals surface area contributed by atoms with Gasteiger partial charge in [-0.15, -0.1) is 0 Å². The predicted octanol–water partition coefficient (Wildman–Crippen LogP) is 25.8. The Kier molecular flexibility index (Phi) is 75.0. The summed E-state index contributed by atoms with van der Waals surface area (Å²) in [5.41, 5.74) is 0. The molecule has 0 aromatic rings. The van der Waals surface area contributed by atoms with Gasteiger partial charge in [0.1, 0.15) is 19.3 Å². The summed E-state index contributed by atoms with van der Waals surface area (Å²) in [5, 5.41) is 10.7. The highest BCUT2D eigenvalue weighted by Gasteiger charge is 2.30. The highest BCUT2D eigenvalue weighted by atomic mass is 31.2. The fourth-order valence-corrected chi connectivity index (χ4v) is 14.8. The molecule has 618 valence electrons. The highest BCUT2D eigenvalue weighted by Crippen LogP contribution is 2.45. The van der Waals surface area contributed by atoms with Gasteiger partial charge in [-0.05, 0) is 37.5 Å². The van der Waals surface area contributed by atoms with E-state index in [1.54, 1.807) is 0 Å². The zero-order chi connectivity index (χ0) is 76.4. The average Bonchev–Trinajstić information content (AvgIpc) is 0.903. The van der Waals surface area contributed by atoms with Crippen LogP contribution in [0.4, 0.5) is 0 Å². The minimum atomic E-state index is -4.96. The third-order valence-electron chi connectivity index (χ3n) is 20.3. The summed E-state index contributed by atoms with van der Waals surface area (Å²) >= 11 is 0. The molecule has 104 heavy (non-hydrogen) atoms. The number of aliphatic hydroxyl groups is 1. The third kappa shape index (κ3) is 76.8. The molecule has 0 aliphatic carbocycles. The summed E-state index contributed by atoms with van der Waals surface area (Å²) in [6, 6.07) is 0. The molecule has 3 unspecified atom stereocenters. The Hall–Kier alpha value is -1.94. The largest absolute Gasteiger partial charge is 0.472 e. The number of rotatable bonds is 84. The van der Waals surface area contributed by atoms with Crippen LogP contribution in [0.15, 0.2) is 0 Å². The van der Waals surface area contributed by atoms with Gasteiger partial charge < -0.3 is 33.8 Å². The van der Waals surface area contributed by atoms with Crippen molar-refractivity contribution in [2.45, 2.75) is 471 Å². The second kappa shape index (κ2) is 76.4. The van der Waals surface area contributed by atoms with Crippen molar-refractivity contribution in [3.05, 3.63) is 0 Å². The topological polar surface area (TPSA) is 237 Å². The van der Waals surface area contributed by atoms with Crippen molar-refractivity contribution in [2.75, 3.05) is 39.6 Å². The van der Waals surface area contributed by atoms with Crippen molar-refractivity contribution < 1.29 is 80.2 Å². The maximum atomic E-state index is 13.1. The van der Waals surface area contributed by atoms with E-state index in [4.69, 9.17) is 37.0 Å². The lowest BCUT2D eigenvalue weighted by molar-refractivity contribution is -0.161. The van der Waals surface area contributed by atoms with E-state index in [-0.39, 0.29) is 25.7 Å². The van der Waals surface area contributed by atoms with Crippen molar-refractivity contribution in [1.29, 1.82) is 0 Å². The fourth-order valence-electron chi connectivity index (χ4n) is 13.2. The molecule has 6 atom stereocenters. The second-order valence-corrected chi connectivity index (χ2v) is 34.2. The van der Waals surface area contributed by atoms with E-state index in [1.165, 1.54) is 270 Å². The first-order valence-electron chi connectivity index (χ1n) is 44.0. The van der Waals surface area contributed by atoms with Crippen molar-refractivity contribution in [2.24, 2.45) is 11.8 Å². The molecule has 0 rings (SSSR count). The Morgan fingerprint density at radius 2 is 0.490 bits per heavy atom. The number of phosphoric ester groups is 2. The normalized spacial score (nSPS) is 14.1. The minimum Gasteiger partial charge on any atom is -0.462 e. The lowest BCUT2D eigenvalue weighted by atomic mass is 9.99. The predicted molar refractivity (Wildman–Crippen MR) is 428 cm³/mol. The van der Waals surface area contributed by atoms with Gasteiger partial charge in [0.05, 0.1) is 26.4 Å². The van der Waals surface area contributed by atoms with Crippen LogP contribution in [0.1, 0.15) is 452 Å². The lowest BCUT2D eigenvalue weighted by Gasteiger charge is -2.21. The molecule has 0 radical (unpaired) electrons. The van der Waals surface area contributed by atoms with E-state index in [1.807, 2.05) is 0 Å². The summed E-state index contributed by atoms with van der Waals surface area (Å²) < 4.78 is 68.8. The number of carbonyl (C=O) groups excluding carboxylic acids is 4. The van der Waals surface area contributed by atoms with Crippen LogP contribution in [-0.2, 0) is 65.4 Å². The number of hydrogen-bond donors (Lipinski definition) is 3. The van der Waals surface area contributed by atoms with Gasteiger partial charge in [0, 0.05) is 25.7 Å². The Morgan fingerprint density at radius 3 is 0.731 bits per heavy atom. The number of aliphatic hydroxyl groups excluding tert-OH is 1. The summed E-state index contributed by atoms with van der Waals surface area (Å²) in [7, 11) is -9.92. The van der Waals surface area contributed by atoms with E-state index in [9.17, 15) is 43.2 Å². The maximum Gasteiger partial charge on any atom is 0.472 e. The summed E-state index contributed by atoms with van der Waals surface area (Å²) in [4.78, 5) is 73.1. The Balaban J connectivity index is 5.20. The number of unbranched alkanes of at least 4 members (excludes halogenated alkanes) is 53. The Bertz CT molecular complexity index is 2000. The zero-order valence-electron chi connectivity index (χ0n) is 68.3. The number of hydrogen-bond acceptors (Lipinski definition) is 15. The summed E-state index contributed by atoms with van der Waals surface area (Å²) in [6.07, 6.45) is 68.1. The van der Waals surface area contributed by atoms with Crippen LogP contribution < -0.4 is 0 Å². The van der Waals surface area contributed by atoms with Crippen LogP contribution in [0.5, 0.6) is 0 Å². The molecule has 0 bridgehead atoms. The van der Waals surface area contributed by atoms with Crippen LogP contribution in [0.3, 0.4) is 0 Å². The van der Waals surface area contributed by atoms with Crippen molar-refractivity contribution in [3.8, 4) is 0 Å². The smallest absolute Gasteiger partial charge is 0.462 e. The van der Waals surface area contributed by atoms with Crippen LogP contribution in [0, 0.1) is 11.8 Å². The monoisotopic (exact) mass is 1520 g/mol. The molecule has 0 heterocycles. The molecular weight excluding hydrogens is 1350 g/mol. The molecule has 0 aromatic carbocycles. The number of ether oxygens (including phenoxy) is 4. The van der Waals surface area contributed by atoms with Crippen LogP contribution >= 0.6 is 15.6 Å². The Labute approximate surface area is 638 Å². The molecule has 0 aliphatic heterocycles. The molecule has 3 N–H and O–H groups in total. The first-order chi connectivity index (χ1) is 50.4. The third-order valence-corrected chi connectivity index (χ3v) is 22.2. The highest BCUT2D eigenvalue weighted by molar-refractivity contribution is 7.47. The SMILES string of the molecule is CCCCCCCCCCCCCCCCCCCCCCC(=O)OC[C@H](COP(=O)(O)OC[C@@H](O)COP(=O)(O)OC[C@@H](COC(=O)CCCCCCCCCCC)OC(=O)CCCCCCCCCCCCC(C)CC)OC(=O)CCCCCCCCCCCCCCCCCCCCC(C)C. The molecule has 0 saturated heterocycles. The number of esters is 4. The molecule has 0 saturated carbocycles. The number of phosphoric acid groups is 2. The zero-order valence-corrected chi connectivity index (χ0v) is 70.1. The summed E-state index contributed by atoms with van der Waals surface area (Å²) in [5.74, 6) is -0.482. The molecule has 19 heteroatoms. The van der Waals surface area contributed by atoms with Gasteiger partial charge in [-0.2, -0.15) is 0 Å². The maximum absolute atomic E-state index is 13.1. The first kappa shape index (κ1) is 102. The van der Waals surface area contributed by atoms with Crippen LogP contribution in [-0.4, -0.2) is 96.7 Å². The molecule has 0 fully saturated rings. The minimum absolute atomic E-state index is 0.107. The first-order valence-corrected chi connectivity index (χ1v) is 47.0. The van der Waals surface area contributed by atoms with Crippen molar-refractivity contribution in [1.82, 2.24) is 0 Å². The molecule has 0 aromatic heterocycles. The molecule has 0 amide bonds. The average molecular weight is 1520 g/mol. The number of carbonyl (C=O) groups is 4. The molecular formula is C85H166O17P2. The quantitative estimate of drug-likeness (QED) is 0.0222. The van der Waals surface area contributed by atoms with E-state index >= 15 is 0 Å². The van der Waals surface area contributed by atoms with Gasteiger partial charge in [0.2, 0.25) is 0 Å². The second-order valence-electron chi connectivity index (χ2n) is 31.3. The standard InChI is InChI=1S/C85H166O17P2/c1-7-10-12-14-16-18-19-20-21-22-23-24-28-31-34-37-44-50-56-62-68-83(88)96-74-81(101-84(89)69-63-57-51-45-38-35-32-29-26-25-27-30-33-36-42-47-53-59-65-77(4)5)76-100-104(93,94)98-72-79(86)71-97-103(91,92)99-75-80(73-95-82(87)67-61-55-49-41-17-15-13-11-8-2)102-85(90)70-64-58-52-46-40-39-43-48-54-60-66-78(6)9-3/h77-81,86H,7-76H2,1-6H3,(H,91,92)(H,93,94)/t78?,79-,80+,81+/m0/s1.